The lowest BCUT2D eigenvalue weighted by molar-refractivity contribution is -0.144. The summed E-state index contributed by atoms with van der Waals surface area (Å²) in [6.07, 6.45) is 7.96. The molecule has 1 aliphatic heterocycles. The number of aliphatic hydroxyl groups is 1. The Kier molecular flexibility index (Phi) is 14.6. The number of rotatable bonds is 17. The lowest BCUT2D eigenvalue weighted by Crippen LogP contribution is -2.57. The van der Waals surface area contributed by atoms with Crippen LogP contribution in [-0.4, -0.2) is 70.5 Å². The lowest BCUT2D eigenvalue weighted by atomic mass is 9.85. The molecule has 0 aliphatic carbocycles. The third-order valence-electron chi connectivity index (χ3n) is 8.47. The fourth-order valence-corrected chi connectivity index (χ4v) is 6.54. The predicted molar refractivity (Wildman–Crippen MR) is 180 cm³/mol. The summed E-state index contributed by atoms with van der Waals surface area (Å²) in [5.74, 6) is -1.02. The van der Waals surface area contributed by atoms with Gasteiger partial charge >= 0.3 is 5.97 Å². The molecular formula is C35H52N4O6S. The maximum atomic E-state index is 13.8. The van der Waals surface area contributed by atoms with E-state index in [-0.39, 0.29) is 36.7 Å². The minimum atomic E-state index is -0.826. The molecule has 3 unspecified atom stereocenters. The van der Waals surface area contributed by atoms with E-state index >= 15 is 0 Å². The molecule has 3 rings (SSSR count). The third-order valence-corrected chi connectivity index (χ3v) is 9.45. The number of carbonyl (C=O) groups is 4. The molecular weight excluding hydrogens is 604 g/mol. The number of esters is 1. The Hall–Kier alpha value is -3.31. The normalized spacial score (nSPS) is 17.0. The molecule has 3 N–H and O–H groups in total. The summed E-state index contributed by atoms with van der Waals surface area (Å²) in [7, 11) is 1.41. The van der Waals surface area contributed by atoms with Crippen molar-refractivity contribution < 1.29 is 29.0 Å². The number of aromatic nitrogens is 1. The Morgan fingerprint density at radius 2 is 1.61 bits per heavy atom. The van der Waals surface area contributed by atoms with Gasteiger partial charge in [0.05, 0.1) is 29.3 Å². The summed E-state index contributed by atoms with van der Waals surface area (Å²) in [4.78, 5) is 58.0. The van der Waals surface area contributed by atoms with Crippen LogP contribution in [0.2, 0.25) is 0 Å². The number of unbranched alkanes of at least 4 members (excludes halogenated alkanes) is 7. The maximum absolute atomic E-state index is 13.8. The van der Waals surface area contributed by atoms with Crippen molar-refractivity contribution in [3.05, 3.63) is 41.0 Å². The zero-order valence-corrected chi connectivity index (χ0v) is 28.9. The van der Waals surface area contributed by atoms with E-state index in [0.717, 1.165) is 73.1 Å². The van der Waals surface area contributed by atoms with Crippen molar-refractivity contribution in [3.63, 3.8) is 0 Å². The van der Waals surface area contributed by atoms with E-state index in [1.807, 2.05) is 57.5 Å². The average molecular weight is 657 g/mol. The first-order valence-corrected chi connectivity index (χ1v) is 17.4. The monoisotopic (exact) mass is 656 g/mol. The van der Waals surface area contributed by atoms with Gasteiger partial charge in [-0.15, -0.1) is 11.3 Å². The highest BCUT2D eigenvalue weighted by atomic mass is 32.1. The van der Waals surface area contributed by atoms with Crippen molar-refractivity contribution in [2.24, 2.45) is 5.41 Å². The van der Waals surface area contributed by atoms with E-state index in [2.05, 4.69) is 20.4 Å². The molecule has 0 radical (unpaired) electrons. The molecule has 10 nitrogen and oxygen atoms in total. The molecule has 46 heavy (non-hydrogen) atoms. The number of β-amino-alcohol motifs (C(OH)–C–C–N with tert-alkyl or cyclic N) is 1. The molecule has 3 atom stereocenters. The van der Waals surface area contributed by atoms with Crippen molar-refractivity contribution >= 4 is 35.0 Å². The molecule has 1 aromatic carbocycles. The quantitative estimate of drug-likeness (QED) is 0.155. The highest BCUT2D eigenvalue weighted by molar-refractivity contribution is 7.13. The summed E-state index contributed by atoms with van der Waals surface area (Å²) in [5.41, 5.74) is 4.20. The van der Waals surface area contributed by atoms with Gasteiger partial charge in [-0.3, -0.25) is 19.2 Å². The van der Waals surface area contributed by atoms with Gasteiger partial charge in [0.15, 0.2) is 0 Å². The first kappa shape index (κ1) is 37.2. The molecule has 3 amide bonds. The standard InChI is InChI=1S/C35H52N4O6S/c1-24-31(46-23-37-24)26-18-16-25(17-19-26)21-36-33(43)28-20-27(40)22-39(28)34(44)32(35(2,3)4)38-29(41)14-12-10-8-6-7-9-11-13-15-30(42)45-5/h16-19,23,27-28,32,40H,6-15,20-22H2,1-5H3,(H,36,43)(H,38,41). The van der Waals surface area contributed by atoms with Crippen molar-refractivity contribution in [2.75, 3.05) is 13.7 Å². The number of ether oxygens (including phenoxy) is 1. The number of benzene rings is 1. The molecule has 254 valence electrons. The zero-order valence-electron chi connectivity index (χ0n) is 28.1. The van der Waals surface area contributed by atoms with Crippen LogP contribution >= 0.6 is 11.3 Å². The van der Waals surface area contributed by atoms with Crippen molar-refractivity contribution in [1.29, 1.82) is 0 Å². The number of thiazole rings is 1. The van der Waals surface area contributed by atoms with Crippen LogP contribution in [0, 0.1) is 12.3 Å². The molecule has 2 aromatic rings. The van der Waals surface area contributed by atoms with Crippen molar-refractivity contribution in [3.8, 4) is 10.4 Å². The molecule has 1 aliphatic rings. The van der Waals surface area contributed by atoms with E-state index in [4.69, 9.17) is 0 Å². The summed E-state index contributed by atoms with van der Waals surface area (Å²) in [6, 6.07) is 6.29. The van der Waals surface area contributed by atoms with Crippen molar-refractivity contribution in [2.45, 2.75) is 123 Å². The summed E-state index contributed by atoms with van der Waals surface area (Å²) in [5, 5.41) is 16.3. The number of carbonyl (C=O) groups excluding carboxylic acids is 4. The van der Waals surface area contributed by atoms with Crippen LogP contribution in [0.5, 0.6) is 0 Å². The fourth-order valence-electron chi connectivity index (χ4n) is 5.73. The number of nitrogens with one attached hydrogen (secondary N) is 2. The molecule has 2 heterocycles. The van der Waals surface area contributed by atoms with E-state index in [1.165, 1.54) is 12.0 Å². The largest absolute Gasteiger partial charge is 0.469 e. The maximum Gasteiger partial charge on any atom is 0.305 e. The summed E-state index contributed by atoms with van der Waals surface area (Å²) in [6.45, 7) is 7.98. The number of aryl methyl sites for hydroxylation is 1. The second kappa shape index (κ2) is 18.1. The second-order valence-electron chi connectivity index (χ2n) is 13.3. The van der Waals surface area contributed by atoms with Crippen molar-refractivity contribution in [1.82, 2.24) is 20.5 Å². The van der Waals surface area contributed by atoms with Gasteiger partial charge in [0, 0.05) is 32.4 Å². The van der Waals surface area contributed by atoms with Crippen LogP contribution in [0.4, 0.5) is 0 Å². The summed E-state index contributed by atoms with van der Waals surface area (Å²) < 4.78 is 4.66. The van der Waals surface area contributed by atoms with Gasteiger partial charge in [0.1, 0.15) is 12.1 Å². The number of hydrogen-bond donors (Lipinski definition) is 3. The van der Waals surface area contributed by atoms with Gasteiger partial charge < -0.3 is 25.4 Å². The van der Waals surface area contributed by atoms with Crippen LogP contribution in [0.15, 0.2) is 29.8 Å². The van der Waals surface area contributed by atoms with Crippen LogP contribution in [0.1, 0.15) is 103 Å². The van der Waals surface area contributed by atoms with Gasteiger partial charge in [0.25, 0.3) is 0 Å². The summed E-state index contributed by atoms with van der Waals surface area (Å²) >= 11 is 1.59. The number of amides is 3. The predicted octanol–water partition coefficient (Wildman–Crippen LogP) is 5.30. The second-order valence-corrected chi connectivity index (χ2v) is 14.2. The Morgan fingerprint density at radius 1 is 1.00 bits per heavy atom. The first-order chi connectivity index (χ1) is 21.9. The van der Waals surface area contributed by atoms with Gasteiger partial charge in [0.2, 0.25) is 17.7 Å². The van der Waals surface area contributed by atoms with Gasteiger partial charge in [-0.2, -0.15) is 0 Å². The van der Waals surface area contributed by atoms with E-state index in [1.54, 1.807) is 11.3 Å². The number of methoxy groups -OCH3 is 1. The van der Waals surface area contributed by atoms with Crippen LogP contribution in [0.3, 0.4) is 0 Å². The number of likely N-dealkylation sites (tertiary alicyclic amines) is 1. The smallest absolute Gasteiger partial charge is 0.305 e. The zero-order chi connectivity index (χ0) is 33.7. The first-order valence-electron chi connectivity index (χ1n) is 16.5. The highest BCUT2D eigenvalue weighted by Gasteiger charge is 2.44. The minimum absolute atomic E-state index is 0.0466. The average Bonchev–Trinajstić information content (AvgIpc) is 3.64. The van der Waals surface area contributed by atoms with Gasteiger partial charge in [-0.05, 0) is 36.3 Å². The SMILES string of the molecule is COC(=O)CCCCCCCCCCC(=O)NC(C(=O)N1CC(O)CC1C(=O)NCc1ccc(-c2scnc2C)cc1)C(C)(C)C. The minimum Gasteiger partial charge on any atom is -0.469 e. The number of aliphatic hydroxyl groups excluding tert-OH is 1. The molecule has 11 heteroatoms. The molecule has 0 bridgehead atoms. The number of nitrogens with zero attached hydrogens (tertiary/aromatic N) is 2. The molecule has 1 saturated heterocycles. The van der Waals surface area contributed by atoms with Crippen LogP contribution in [-0.2, 0) is 30.5 Å². The third kappa shape index (κ3) is 11.5. The molecule has 0 spiro atoms. The van der Waals surface area contributed by atoms with Gasteiger partial charge in [-0.1, -0.05) is 83.6 Å². The highest BCUT2D eigenvalue weighted by Crippen LogP contribution is 2.28. The Labute approximate surface area is 277 Å². The van der Waals surface area contributed by atoms with E-state index in [0.29, 0.717) is 19.4 Å². The topological polar surface area (TPSA) is 138 Å². The van der Waals surface area contributed by atoms with Gasteiger partial charge in [-0.25, -0.2) is 4.98 Å². The van der Waals surface area contributed by atoms with Crippen LogP contribution in [0.25, 0.3) is 10.4 Å². The van der Waals surface area contributed by atoms with E-state index < -0.39 is 23.6 Å². The Balaban J connectivity index is 1.46. The molecule has 0 saturated carbocycles. The molecule has 1 aromatic heterocycles. The van der Waals surface area contributed by atoms with E-state index in [9.17, 15) is 24.3 Å². The molecule has 1 fully saturated rings. The Morgan fingerprint density at radius 3 is 2.17 bits per heavy atom. The lowest BCUT2D eigenvalue weighted by Gasteiger charge is -2.35. The fraction of sp³-hybridized carbons (Fsp3) is 0.629. The Bertz CT molecular complexity index is 1290. The van der Waals surface area contributed by atoms with Crippen LogP contribution < -0.4 is 10.6 Å². The number of hydrogen-bond acceptors (Lipinski definition) is 8.